The molecule has 1 fully saturated rings. The summed E-state index contributed by atoms with van der Waals surface area (Å²) >= 11 is -1.84. The molecule has 13 heavy (non-hydrogen) atoms. The van der Waals surface area contributed by atoms with Crippen molar-refractivity contribution in [3.63, 3.8) is 0 Å². The second-order valence-corrected chi connectivity index (χ2v) is 4.19. The summed E-state index contributed by atoms with van der Waals surface area (Å²) in [4.78, 5) is 2.42. The summed E-state index contributed by atoms with van der Waals surface area (Å²) in [5.74, 6) is 0. The fraction of sp³-hybridized carbons (Fsp3) is 1.00. The Bertz CT molecular complexity index is 160. The van der Waals surface area contributed by atoms with Crippen LogP contribution in [0.5, 0.6) is 0 Å². The third-order valence-corrected chi connectivity index (χ3v) is 2.78. The molecule has 0 aliphatic carbocycles. The Morgan fingerprint density at radius 1 is 1.31 bits per heavy atom. The highest BCUT2D eigenvalue weighted by Gasteiger charge is 2.08. The highest BCUT2D eigenvalue weighted by atomic mass is 32.2. The van der Waals surface area contributed by atoms with Crippen LogP contribution in [0.25, 0.3) is 0 Å². The molecule has 2 N–H and O–H groups in total. The quantitative estimate of drug-likeness (QED) is 0.511. The first-order chi connectivity index (χ1) is 6.29. The molecule has 1 rings (SSSR count). The standard InChI is InChI=1S/C8H18N2O2S/c11-13(12)9-5-4-8-10-6-2-1-3-7-10/h9H,1-8H2,(H,11,12). The Morgan fingerprint density at radius 2 is 2.00 bits per heavy atom. The highest BCUT2D eigenvalue weighted by Crippen LogP contribution is 2.08. The Kier molecular flexibility index (Phi) is 5.54. The second-order valence-electron chi connectivity index (χ2n) is 3.40. The number of piperidine rings is 1. The van der Waals surface area contributed by atoms with Gasteiger partial charge in [0.25, 0.3) is 0 Å². The van der Waals surface area contributed by atoms with Crippen LogP contribution in [-0.4, -0.2) is 39.8 Å². The molecule has 0 saturated carbocycles. The summed E-state index contributed by atoms with van der Waals surface area (Å²) < 4.78 is 21.2. The largest absolute Gasteiger partial charge is 0.303 e. The number of likely N-dealkylation sites (tertiary alicyclic amines) is 1. The predicted octanol–water partition coefficient (Wildman–Crippen LogP) is 0.589. The SMILES string of the molecule is O=S(O)NCCCN1CCCCC1. The number of nitrogens with one attached hydrogen (secondary N) is 1. The van der Waals surface area contributed by atoms with Gasteiger partial charge in [-0.25, -0.2) is 8.93 Å². The van der Waals surface area contributed by atoms with Gasteiger partial charge in [-0.2, -0.15) is 0 Å². The van der Waals surface area contributed by atoms with Crippen molar-refractivity contribution in [3.8, 4) is 0 Å². The van der Waals surface area contributed by atoms with Crippen LogP contribution in [0.4, 0.5) is 0 Å². The van der Waals surface area contributed by atoms with E-state index >= 15 is 0 Å². The molecule has 78 valence electrons. The zero-order chi connectivity index (χ0) is 9.52. The lowest BCUT2D eigenvalue weighted by atomic mass is 10.1. The van der Waals surface area contributed by atoms with Gasteiger partial charge in [0.15, 0.2) is 0 Å². The van der Waals surface area contributed by atoms with E-state index in [0.717, 1.165) is 13.0 Å². The van der Waals surface area contributed by atoms with Gasteiger partial charge in [-0.1, -0.05) is 6.42 Å². The first-order valence-electron chi connectivity index (χ1n) is 4.86. The summed E-state index contributed by atoms with van der Waals surface area (Å²) in [6.45, 7) is 4.06. The van der Waals surface area contributed by atoms with Gasteiger partial charge < -0.3 is 4.90 Å². The lowest BCUT2D eigenvalue weighted by Crippen LogP contribution is -2.32. The molecule has 1 atom stereocenters. The molecule has 0 radical (unpaired) electrons. The van der Waals surface area contributed by atoms with Crippen LogP contribution in [0, 0.1) is 0 Å². The molecule has 5 heteroatoms. The van der Waals surface area contributed by atoms with Crippen LogP contribution in [0.1, 0.15) is 25.7 Å². The van der Waals surface area contributed by atoms with Gasteiger partial charge in [0.2, 0.25) is 11.3 Å². The lowest BCUT2D eigenvalue weighted by Gasteiger charge is -2.26. The summed E-state index contributed by atoms with van der Waals surface area (Å²) in [7, 11) is 0. The number of hydrogen-bond donors (Lipinski definition) is 2. The number of rotatable bonds is 5. The highest BCUT2D eigenvalue weighted by molar-refractivity contribution is 7.77. The molecule has 0 amide bonds. The van der Waals surface area contributed by atoms with Gasteiger partial charge in [-0.3, -0.25) is 4.55 Å². The maximum Gasteiger partial charge on any atom is 0.231 e. The normalized spacial score (nSPS) is 21.6. The molecular formula is C8H18N2O2S. The third-order valence-electron chi connectivity index (χ3n) is 2.33. The molecule has 0 spiro atoms. The summed E-state index contributed by atoms with van der Waals surface area (Å²) in [5, 5.41) is 0. The average molecular weight is 206 g/mol. The Labute approximate surface area is 82.1 Å². The number of hydrogen-bond acceptors (Lipinski definition) is 2. The molecule has 1 aliphatic heterocycles. The van der Waals surface area contributed by atoms with Gasteiger partial charge in [0, 0.05) is 6.54 Å². The van der Waals surface area contributed by atoms with Gasteiger partial charge in [-0.15, -0.1) is 0 Å². The first-order valence-corrected chi connectivity index (χ1v) is 5.96. The summed E-state index contributed by atoms with van der Waals surface area (Å²) in [5.41, 5.74) is 0. The zero-order valence-corrected chi connectivity index (χ0v) is 8.68. The van der Waals surface area contributed by atoms with Crippen LogP contribution in [-0.2, 0) is 11.3 Å². The van der Waals surface area contributed by atoms with Crippen molar-refractivity contribution in [1.82, 2.24) is 9.62 Å². The molecule has 1 heterocycles. The van der Waals surface area contributed by atoms with Crippen LogP contribution >= 0.6 is 0 Å². The van der Waals surface area contributed by atoms with Crippen molar-refractivity contribution in [2.45, 2.75) is 25.7 Å². The molecule has 0 aromatic rings. The van der Waals surface area contributed by atoms with Crippen LogP contribution < -0.4 is 4.72 Å². The Hall–Kier alpha value is 0.0300. The van der Waals surface area contributed by atoms with E-state index in [1.54, 1.807) is 0 Å². The van der Waals surface area contributed by atoms with Crippen molar-refractivity contribution < 1.29 is 8.76 Å². The van der Waals surface area contributed by atoms with Gasteiger partial charge in [0.1, 0.15) is 0 Å². The zero-order valence-electron chi connectivity index (χ0n) is 7.87. The van der Waals surface area contributed by atoms with Crippen molar-refractivity contribution >= 4 is 11.3 Å². The third kappa shape index (κ3) is 5.36. The van der Waals surface area contributed by atoms with Crippen molar-refractivity contribution in [2.24, 2.45) is 0 Å². The summed E-state index contributed by atoms with van der Waals surface area (Å²) in [6.07, 6.45) is 4.92. The fourth-order valence-electron chi connectivity index (χ4n) is 1.65. The van der Waals surface area contributed by atoms with Crippen molar-refractivity contribution in [3.05, 3.63) is 0 Å². The molecule has 4 nitrogen and oxygen atoms in total. The fourth-order valence-corrected chi connectivity index (χ4v) is 1.96. The minimum absolute atomic E-state index is 0.625. The van der Waals surface area contributed by atoms with Gasteiger partial charge in [0.05, 0.1) is 0 Å². The van der Waals surface area contributed by atoms with Crippen molar-refractivity contribution in [2.75, 3.05) is 26.2 Å². The predicted molar refractivity (Wildman–Crippen MR) is 53.7 cm³/mol. The van der Waals surface area contributed by atoms with E-state index in [1.807, 2.05) is 0 Å². The first kappa shape index (κ1) is 11.1. The minimum atomic E-state index is -1.84. The van der Waals surface area contributed by atoms with E-state index in [4.69, 9.17) is 4.55 Å². The van der Waals surface area contributed by atoms with E-state index in [9.17, 15) is 4.21 Å². The lowest BCUT2D eigenvalue weighted by molar-refractivity contribution is 0.227. The topological polar surface area (TPSA) is 52.6 Å². The van der Waals surface area contributed by atoms with Crippen LogP contribution in [0.3, 0.4) is 0 Å². The monoisotopic (exact) mass is 206 g/mol. The molecule has 1 saturated heterocycles. The minimum Gasteiger partial charge on any atom is -0.303 e. The molecular weight excluding hydrogens is 188 g/mol. The molecule has 0 bridgehead atoms. The second kappa shape index (κ2) is 6.48. The molecule has 0 aromatic heterocycles. The Balaban J connectivity index is 1.95. The van der Waals surface area contributed by atoms with Gasteiger partial charge >= 0.3 is 0 Å². The van der Waals surface area contributed by atoms with Crippen LogP contribution in [0.15, 0.2) is 0 Å². The van der Waals surface area contributed by atoms with E-state index in [2.05, 4.69) is 9.62 Å². The maximum atomic E-state index is 10.2. The van der Waals surface area contributed by atoms with Gasteiger partial charge in [-0.05, 0) is 38.9 Å². The maximum absolute atomic E-state index is 10.2. The summed E-state index contributed by atoms with van der Waals surface area (Å²) in [6, 6.07) is 0. The van der Waals surface area contributed by atoms with E-state index in [1.165, 1.54) is 32.4 Å². The molecule has 1 unspecified atom stereocenters. The molecule has 0 aromatic carbocycles. The van der Waals surface area contributed by atoms with E-state index in [-0.39, 0.29) is 0 Å². The average Bonchev–Trinajstić information content (AvgIpc) is 2.14. The Morgan fingerprint density at radius 3 is 2.62 bits per heavy atom. The number of nitrogens with zero attached hydrogens (tertiary/aromatic N) is 1. The van der Waals surface area contributed by atoms with Crippen LogP contribution in [0.2, 0.25) is 0 Å². The van der Waals surface area contributed by atoms with E-state index in [0.29, 0.717) is 6.54 Å². The van der Waals surface area contributed by atoms with E-state index < -0.39 is 11.3 Å². The molecule has 1 aliphatic rings. The smallest absolute Gasteiger partial charge is 0.231 e. The van der Waals surface area contributed by atoms with Crippen molar-refractivity contribution in [1.29, 1.82) is 0 Å².